The highest BCUT2D eigenvalue weighted by Crippen LogP contribution is 2.27. The van der Waals surface area contributed by atoms with Gasteiger partial charge in [-0.1, -0.05) is 36.4 Å². The molecule has 2 aromatic carbocycles. The molecule has 0 radical (unpaired) electrons. The number of hydrogen-bond acceptors (Lipinski definition) is 7. The molecule has 2 atom stereocenters. The van der Waals surface area contributed by atoms with Crippen LogP contribution < -0.4 is 11.1 Å². The summed E-state index contributed by atoms with van der Waals surface area (Å²) in [4.78, 5) is 39.6. The largest absolute Gasteiger partial charge is 0.444 e. The number of rotatable bonds is 8. The van der Waals surface area contributed by atoms with Crippen LogP contribution in [0.5, 0.6) is 0 Å². The molecule has 11 heteroatoms. The Morgan fingerprint density at radius 2 is 1.77 bits per heavy atom. The minimum absolute atomic E-state index is 0.0156. The summed E-state index contributed by atoms with van der Waals surface area (Å²) in [6, 6.07) is 12.3. The average Bonchev–Trinajstić information content (AvgIpc) is 2.87. The number of benzene rings is 2. The molecule has 1 fully saturated rings. The second kappa shape index (κ2) is 12.5. The number of nitrogens with two attached hydrogens (primary N) is 1. The standard InChI is InChI=1S/C29H36N4O6S/c1-29(2,3)39-28(36)33-16-6-5-7-24(33)27(35)32-23(26(31)34)17-19-8-10-20(11-9-19)22-13-12-21(14-15-30)25(18-22)40(4,37)38/h8-13,18,23-24H,5-7,14,16-17H2,1-4H3,(H2,31,34)(H,32,35)/t23-,24-/m0/s1. The van der Waals surface area contributed by atoms with Crippen LogP contribution in [-0.4, -0.2) is 61.7 Å². The highest BCUT2D eigenvalue weighted by atomic mass is 32.2. The van der Waals surface area contributed by atoms with E-state index in [4.69, 9.17) is 15.7 Å². The molecular formula is C29H36N4O6S. The minimum atomic E-state index is -3.53. The van der Waals surface area contributed by atoms with E-state index in [0.717, 1.165) is 30.2 Å². The van der Waals surface area contributed by atoms with E-state index >= 15 is 0 Å². The van der Waals surface area contributed by atoms with E-state index in [-0.39, 0.29) is 17.7 Å². The number of carbonyl (C=O) groups is 3. The monoisotopic (exact) mass is 568 g/mol. The Morgan fingerprint density at radius 3 is 2.35 bits per heavy atom. The van der Waals surface area contributed by atoms with Gasteiger partial charge in [0, 0.05) is 19.2 Å². The maximum absolute atomic E-state index is 13.2. The topological polar surface area (TPSA) is 160 Å². The van der Waals surface area contributed by atoms with E-state index in [0.29, 0.717) is 24.1 Å². The van der Waals surface area contributed by atoms with Crippen molar-refractivity contribution < 1.29 is 27.5 Å². The molecule has 1 aliphatic heterocycles. The zero-order valence-corrected chi connectivity index (χ0v) is 24.1. The van der Waals surface area contributed by atoms with Gasteiger partial charge in [-0.05, 0) is 68.4 Å². The number of piperidine rings is 1. The Kier molecular flexibility index (Phi) is 9.58. The number of nitriles is 1. The smallest absolute Gasteiger partial charge is 0.410 e. The van der Waals surface area contributed by atoms with E-state index in [1.165, 1.54) is 4.90 Å². The third-order valence-corrected chi connectivity index (χ3v) is 7.74. The fraction of sp³-hybridized carbons (Fsp3) is 0.448. The maximum Gasteiger partial charge on any atom is 0.410 e. The lowest BCUT2D eigenvalue weighted by Crippen LogP contribution is -2.56. The first-order valence-corrected chi connectivity index (χ1v) is 15.0. The Balaban J connectivity index is 1.75. The number of nitrogens with zero attached hydrogens (tertiary/aromatic N) is 2. The van der Waals surface area contributed by atoms with Crippen LogP contribution in [0.25, 0.3) is 11.1 Å². The minimum Gasteiger partial charge on any atom is -0.444 e. The van der Waals surface area contributed by atoms with Crippen LogP contribution >= 0.6 is 0 Å². The predicted octanol–water partition coefficient (Wildman–Crippen LogP) is 3.13. The lowest BCUT2D eigenvalue weighted by molar-refractivity contribution is -0.131. The van der Waals surface area contributed by atoms with Crippen molar-refractivity contribution in [3.05, 3.63) is 53.6 Å². The summed E-state index contributed by atoms with van der Waals surface area (Å²) in [5, 5.41) is 11.7. The number of likely N-dealkylation sites (tertiary alicyclic amines) is 1. The summed E-state index contributed by atoms with van der Waals surface area (Å²) in [7, 11) is -3.53. The Labute approximate surface area is 235 Å². The van der Waals surface area contributed by atoms with Gasteiger partial charge in [-0.3, -0.25) is 14.5 Å². The van der Waals surface area contributed by atoms with Crippen LogP contribution in [0.1, 0.15) is 51.2 Å². The molecule has 0 aromatic heterocycles. The highest BCUT2D eigenvalue weighted by molar-refractivity contribution is 7.90. The van der Waals surface area contributed by atoms with Gasteiger partial charge >= 0.3 is 6.09 Å². The predicted molar refractivity (Wildman–Crippen MR) is 150 cm³/mol. The molecule has 3 rings (SSSR count). The SMILES string of the molecule is CC(C)(C)OC(=O)N1CCCC[C@H]1C(=O)N[C@@H](Cc1ccc(-c2ccc(CC#N)c(S(C)(=O)=O)c2)cc1)C(N)=O. The summed E-state index contributed by atoms with van der Waals surface area (Å²) >= 11 is 0. The van der Waals surface area contributed by atoms with Gasteiger partial charge < -0.3 is 15.8 Å². The lowest BCUT2D eigenvalue weighted by atomic mass is 9.98. The van der Waals surface area contributed by atoms with Crippen molar-refractivity contribution in [2.75, 3.05) is 12.8 Å². The van der Waals surface area contributed by atoms with Crippen molar-refractivity contribution in [1.29, 1.82) is 5.26 Å². The Bertz CT molecular complexity index is 1410. The molecule has 1 saturated heterocycles. The first kappa shape index (κ1) is 30.6. The number of sulfone groups is 1. The van der Waals surface area contributed by atoms with Crippen molar-refractivity contribution in [3.63, 3.8) is 0 Å². The zero-order chi connectivity index (χ0) is 29.7. The second-order valence-electron chi connectivity index (χ2n) is 11.0. The van der Waals surface area contributed by atoms with Crippen molar-refractivity contribution in [1.82, 2.24) is 10.2 Å². The van der Waals surface area contributed by atoms with Crippen molar-refractivity contribution in [2.45, 2.75) is 75.5 Å². The molecule has 1 heterocycles. The highest BCUT2D eigenvalue weighted by Gasteiger charge is 2.36. The van der Waals surface area contributed by atoms with Gasteiger partial charge in [0.05, 0.1) is 17.4 Å². The molecule has 1 aliphatic rings. The number of ether oxygens (including phenoxy) is 1. The number of carbonyl (C=O) groups excluding carboxylic acids is 3. The number of amides is 3. The van der Waals surface area contributed by atoms with E-state index in [2.05, 4.69) is 5.32 Å². The Hall–Kier alpha value is -3.91. The number of nitrogens with one attached hydrogen (secondary N) is 1. The normalized spacial score (nSPS) is 16.5. The van der Waals surface area contributed by atoms with Crippen molar-refractivity contribution in [3.8, 4) is 17.2 Å². The molecule has 40 heavy (non-hydrogen) atoms. The quantitative estimate of drug-likeness (QED) is 0.495. The van der Waals surface area contributed by atoms with Crippen LogP contribution in [-0.2, 0) is 37.0 Å². The van der Waals surface area contributed by atoms with Crippen LogP contribution in [0, 0.1) is 11.3 Å². The average molecular weight is 569 g/mol. The van der Waals surface area contributed by atoms with Crippen LogP contribution in [0.3, 0.4) is 0 Å². The summed E-state index contributed by atoms with van der Waals surface area (Å²) in [6.07, 6.45) is 2.62. The van der Waals surface area contributed by atoms with Crippen molar-refractivity contribution >= 4 is 27.7 Å². The van der Waals surface area contributed by atoms with E-state index in [1.54, 1.807) is 63.2 Å². The van der Waals surface area contributed by atoms with Crippen molar-refractivity contribution in [2.24, 2.45) is 5.73 Å². The molecular weight excluding hydrogens is 532 g/mol. The molecule has 0 saturated carbocycles. The van der Waals surface area contributed by atoms with E-state index in [1.807, 2.05) is 6.07 Å². The molecule has 0 spiro atoms. The van der Waals surface area contributed by atoms with Gasteiger partial charge in [0.15, 0.2) is 9.84 Å². The molecule has 0 aliphatic carbocycles. The van der Waals surface area contributed by atoms with Gasteiger partial charge in [-0.15, -0.1) is 0 Å². The maximum atomic E-state index is 13.2. The summed E-state index contributed by atoms with van der Waals surface area (Å²) in [6.45, 7) is 5.65. The summed E-state index contributed by atoms with van der Waals surface area (Å²) in [5.74, 6) is -1.17. The first-order valence-electron chi connectivity index (χ1n) is 13.1. The third kappa shape index (κ3) is 8.05. The summed E-state index contributed by atoms with van der Waals surface area (Å²) in [5.41, 5.74) is 7.48. The molecule has 214 valence electrons. The van der Waals surface area contributed by atoms with E-state index in [9.17, 15) is 22.8 Å². The molecule has 0 bridgehead atoms. The molecule has 10 nitrogen and oxygen atoms in total. The number of hydrogen-bond donors (Lipinski definition) is 2. The van der Waals surface area contributed by atoms with E-state index < -0.39 is 45.4 Å². The van der Waals surface area contributed by atoms with Gasteiger partial charge in [-0.25, -0.2) is 13.2 Å². The zero-order valence-electron chi connectivity index (χ0n) is 23.3. The first-order chi connectivity index (χ1) is 18.7. The fourth-order valence-corrected chi connectivity index (χ4v) is 5.57. The molecule has 3 amide bonds. The van der Waals surface area contributed by atoms with Crippen LogP contribution in [0.2, 0.25) is 0 Å². The fourth-order valence-electron chi connectivity index (χ4n) is 4.61. The molecule has 3 N–H and O–H groups in total. The van der Waals surface area contributed by atoms with Gasteiger partial charge in [0.1, 0.15) is 17.7 Å². The van der Waals surface area contributed by atoms with Gasteiger partial charge in [-0.2, -0.15) is 5.26 Å². The second-order valence-corrected chi connectivity index (χ2v) is 13.0. The van der Waals surface area contributed by atoms with Gasteiger partial charge in [0.25, 0.3) is 0 Å². The third-order valence-electron chi connectivity index (χ3n) is 6.56. The molecule has 2 aromatic rings. The van der Waals surface area contributed by atoms with Crippen LogP contribution in [0.4, 0.5) is 4.79 Å². The van der Waals surface area contributed by atoms with Gasteiger partial charge in [0.2, 0.25) is 11.8 Å². The van der Waals surface area contributed by atoms with Crippen LogP contribution in [0.15, 0.2) is 47.4 Å². The lowest BCUT2D eigenvalue weighted by Gasteiger charge is -2.36. The number of primary amides is 1. The summed E-state index contributed by atoms with van der Waals surface area (Å²) < 4.78 is 30.0. The molecule has 0 unspecified atom stereocenters. The Morgan fingerprint density at radius 1 is 1.12 bits per heavy atom.